The maximum Gasteiger partial charge on any atom is 0.0336 e. The van der Waals surface area contributed by atoms with E-state index in [0.717, 1.165) is 24.7 Å². The third-order valence-corrected chi connectivity index (χ3v) is 5.92. The molecule has 0 aliphatic carbocycles. The number of rotatable bonds is 4. The number of thiophene rings is 1. The van der Waals surface area contributed by atoms with Crippen LogP contribution in [0.25, 0.3) is 0 Å². The lowest BCUT2D eigenvalue weighted by Gasteiger charge is -2.49. The van der Waals surface area contributed by atoms with Crippen LogP contribution in [0.15, 0.2) is 11.4 Å². The molecule has 2 saturated heterocycles. The Morgan fingerprint density at radius 2 is 2.05 bits per heavy atom. The first-order chi connectivity index (χ1) is 9.28. The Balaban J connectivity index is 1.70. The lowest BCUT2D eigenvalue weighted by molar-refractivity contribution is 0.0187. The van der Waals surface area contributed by atoms with Crippen LogP contribution >= 0.6 is 11.3 Å². The van der Waals surface area contributed by atoms with Crippen LogP contribution in [0.4, 0.5) is 0 Å². The van der Waals surface area contributed by atoms with E-state index in [1.54, 1.807) is 4.88 Å². The summed E-state index contributed by atoms with van der Waals surface area (Å²) in [6.45, 7) is 6.80. The van der Waals surface area contributed by atoms with Crippen LogP contribution in [0.2, 0.25) is 0 Å². The van der Waals surface area contributed by atoms with Crippen molar-refractivity contribution in [1.82, 2.24) is 10.2 Å². The summed E-state index contributed by atoms with van der Waals surface area (Å²) in [6.07, 6.45) is 6.96. The summed E-state index contributed by atoms with van der Waals surface area (Å²) in [4.78, 5) is 4.40. The van der Waals surface area contributed by atoms with Gasteiger partial charge in [-0.3, -0.25) is 4.90 Å². The molecule has 106 valence electrons. The van der Waals surface area contributed by atoms with E-state index < -0.39 is 0 Å². The number of nitrogens with one attached hydrogen (secondary N) is 1. The fraction of sp³-hybridized carbons (Fsp3) is 0.750. The van der Waals surface area contributed by atoms with Crippen molar-refractivity contribution in [1.29, 1.82) is 0 Å². The number of fused-ring (bicyclic) bond motifs is 2. The Kier molecular flexibility index (Phi) is 4.25. The highest BCUT2D eigenvalue weighted by Crippen LogP contribution is 2.36. The first-order valence-electron chi connectivity index (χ1n) is 7.80. The van der Waals surface area contributed by atoms with Gasteiger partial charge in [0.25, 0.3) is 0 Å². The first-order valence-corrected chi connectivity index (χ1v) is 8.68. The van der Waals surface area contributed by atoms with Crippen molar-refractivity contribution in [3.05, 3.63) is 21.9 Å². The molecule has 2 atom stereocenters. The van der Waals surface area contributed by atoms with E-state index in [0.29, 0.717) is 0 Å². The molecule has 3 heterocycles. The van der Waals surface area contributed by atoms with Gasteiger partial charge in [0.1, 0.15) is 0 Å². The summed E-state index contributed by atoms with van der Waals surface area (Å²) in [7, 11) is 0. The van der Waals surface area contributed by atoms with Gasteiger partial charge in [0.05, 0.1) is 0 Å². The lowest BCUT2D eigenvalue weighted by Crippen LogP contribution is -2.55. The average molecular weight is 278 g/mol. The van der Waals surface area contributed by atoms with Gasteiger partial charge in [-0.15, -0.1) is 11.3 Å². The van der Waals surface area contributed by atoms with Gasteiger partial charge in [-0.25, -0.2) is 0 Å². The maximum absolute atomic E-state index is 3.68. The third kappa shape index (κ3) is 2.88. The maximum atomic E-state index is 3.68. The molecule has 0 saturated carbocycles. The minimum Gasteiger partial charge on any atom is -0.314 e. The second kappa shape index (κ2) is 5.94. The molecule has 1 aromatic heterocycles. The Morgan fingerprint density at radius 1 is 1.32 bits per heavy atom. The van der Waals surface area contributed by atoms with Gasteiger partial charge in [0.2, 0.25) is 0 Å². The Labute approximate surface area is 121 Å². The topological polar surface area (TPSA) is 15.3 Å². The molecule has 2 bridgehead atoms. The van der Waals surface area contributed by atoms with E-state index in [1.165, 1.54) is 44.2 Å². The van der Waals surface area contributed by atoms with Crippen molar-refractivity contribution in [2.45, 2.75) is 70.6 Å². The lowest BCUT2D eigenvalue weighted by atomic mass is 9.81. The van der Waals surface area contributed by atoms with Gasteiger partial charge in [-0.05, 0) is 56.2 Å². The number of nitrogens with zero attached hydrogens (tertiary/aromatic N) is 1. The van der Waals surface area contributed by atoms with Gasteiger partial charge >= 0.3 is 0 Å². The molecule has 2 aliphatic heterocycles. The third-order valence-electron chi connectivity index (χ3n) is 4.91. The fourth-order valence-corrected chi connectivity index (χ4v) is 4.84. The molecular formula is C16H26N2S. The zero-order valence-electron chi connectivity index (χ0n) is 12.2. The van der Waals surface area contributed by atoms with Gasteiger partial charge in [-0.2, -0.15) is 0 Å². The largest absolute Gasteiger partial charge is 0.314 e. The number of hydrogen-bond donors (Lipinski definition) is 1. The quantitative estimate of drug-likeness (QED) is 0.906. The van der Waals surface area contributed by atoms with E-state index in [4.69, 9.17) is 0 Å². The fourth-order valence-electron chi connectivity index (χ4n) is 3.92. The van der Waals surface area contributed by atoms with E-state index >= 15 is 0 Å². The molecule has 0 radical (unpaired) electrons. The Morgan fingerprint density at radius 3 is 2.63 bits per heavy atom. The zero-order valence-corrected chi connectivity index (χ0v) is 13.0. The highest BCUT2D eigenvalue weighted by molar-refractivity contribution is 7.10. The SMILES string of the molecule is CCNC1CC2CCCC(C1)N2Cc1sccc1C. The van der Waals surface area contributed by atoms with Gasteiger partial charge < -0.3 is 5.32 Å². The summed E-state index contributed by atoms with van der Waals surface area (Å²) in [5.74, 6) is 0. The van der Waals surface area contributed by atoms with E-state index in [-0.39, 0.29) is 0 Å². The standard InChI is InChI=1S/C16H26N2S/c1-3-17-13-9-14-5-4-6-15(10-13)18(14)11-16-12(2)7-8-19-16/h7-8,13-15,17H,3-6,9-11H2,1-2H3. The highest BCUT2D eigenvalue weighted by Gasteiger charge is 2.37. The van der Waals surface area contributed by atoms with Crippen molar-refractivity contribution < 1.29 is 0 Å². The number of piperidine rings is 2. The molecule has 19 heavy (non-hydrogen) atoms. The molecule has 3 heteroatoms. The van der Waals surface area contributed by atoms with Crippen LogP contribution in [-0.4, -0.2) is 29.6 Å². The van der Waals surface area contributed by atoms with Crippen molar-refractivity contribution in [2.75, 3.05) is 6.54 Å². The Bertz CT molecular complexity index is 401. The van der Waals surface area contributed by atoms with E-state index in [1.807, 2.05) is 11.3 Å². The number of aryl methyl sites for hydroxylation is 1. The molecule has 2 fully saturated rings. The summed E-state index contributed by atoms with van der Waals surface area (Å²) in [6, 6.07) is 4.67. The van der Waals surface area contributed by atoms with Crippen LogP contribution in [0, 0.1) is 6.92 Å². The second-order valence-electron chi connectivity index (χ2n) is 6.16. The van der Waals surface area contributed by atoms with Gasteiger partial charge in [-0.1, -0.05) is 13.3 Å². The normalized spacial score (nSPS) is 31.6. The molecule has 2 aliphatic rings. The van der Waals surface area contributed by atoms with Crippen LogP contribution in [0.3, 0.4) is 0 Å². The molecular weight excluding hydrogens is 252 g/mol. The van der Waals surface area contributed by atoms with Crippen LogP contribution in [-0.2, 0) is 6.54 Å². The zero-order chi connectivity index (χ0) is 13.2. The van der Waals surface area contributed by atoms with Crippen LogP contribution in [0.1, 0.15) is 49.5 Å². The molecule has 2 nitrogen and oxygen atoms in total. The molecule has 0 aromatic carbocycles. The van der Waals surface area contributed by atoms with Crippen molar-refractivity contribution in [2.24, 2.45) is 0 Å². The van der Waals surface area contributed by atoms with Gasteiger partial charge in [0, 0.05) is 29.5 Å². The molecule has 2 unspecified atom stereocenters. The smallest absolute Gasteiger partial charge is 0.0336 e. The van der Waals surface area contributed by atoms with Crippen molar-refractivity contribution in [3.63, 3.8) is 0 Å². The summed E-state index contributed by atoms with van der Waals surface area (Å²) in [5, 5.41) is 5.92. The van der Waals surface area contributed by atoms with Crippen molar-refractivity contribution in [3.8, 4) is 0 Å². The first kappa shape index (κ1) is 13.6. The molecule has 1 aromatic rings. The van der Waals surface area contributed by atoms with Crippen LogP contribution < -0.4 is 5.32 Å². The molecule has 0 spiro atoms. The van der Waals surface area contributed by atoms with E-state index in [2.05, 4.69) is 35.5 Å². The monoisotopic (exact) mass is 278 g/mol. The number of hydrogen-bond acceptors (Lipinski definition) is 3. The highest BCUT2D eigenvalue weighted by atomic mass is 32.1. The average Bonchev–Trinajstić information content (AvgIpc) is 2.76. The van der Waals surface area contributed by atoms with Crippen molar-refractivity contribution >= 4 is 11.3 Å². The predicted octanol–water partition coefficient (Wildman–Crippen LogP) is 3.55. The molecule has 1 N–H and O–H groups in total. The summed E-state index contributed by atoms with van der Waals surface area (Å²) in [5.41, 5.74) is 1.48. The van der Waals surface area contributed by atoms with Crippen LogP contribution in [0.5, 0.6) is 0 Å². The van der Waals surface area contributed by atoms with Gasteiger partial charge in [0.15, 0.2) is 0 Å². The minimum atomic E-state index is 0.765. The summed E-state index contributed by atoms with van der Waals surface area (Å²) < 4.78 is 0. The molecule has 3 rings (SSSR count). The second-order valence-corrected chi connectivity index (χ2v) is 7.16. The summed E-state index contributed by atoms with van der Waals surface area (Å²) >= 11 is 1.94. The van der Waals surface area contributed by atoms with E-state index in [9.17, 15) is 0 Å². The predicted molar refractivity (Wildman–Crippen MR) is 82.7 cm³/mol. The molecule has 0 amide bonds. The Hall–Kier alpha value is -0.380. The minimum absolute atomic E-state index is 0.765.